The molecule has 0 saturated carbocycles. The zero-order valence-electron chi connectivity index (χ0n) is 17.0. The van der Waals surface area contributed by atoms with E-state index in [9.17, 15) is 4.79 Å². The van der Waals surface area contributed by atoms with Crippen LogP contribution in [0, 0.1) is 11.3 Å². The Hall–Kier alpha value is -3.46. The van der Waals surface area contributed by atoms with Crippen molar-refractivity contribution in [3.63, 3.8) is 0 Å². The molecule has 0 aliphatic carbocycles. The Balaban J connectivity index is 1.93. The van der Waals surface area contributed by atoms with Crippen molar-refractivity contribution in [3.8, 4) is 23.3 Å². The first-order valence-electron chi connectivity index (χ1n) is 9.43. The molecule has 2 aromatic rings. The van der Waals surface area contributed by atoms with Crippen LogP contribution in [0.25, 0.3) is 6.08 Å². The van der Waals surface area contributed by atoms with Gasteiger partial charge < -0.3 is 19.9 Å². The predicted molar refractivity (Wildman–Crippen MR) is 112 cm³/mol. The predicted octanol–water partition coefficient (Wildman–Crippen LogP) is 4.06. The van der Waals surface area contributed by atoms with Crippen molar-refractivity contribution in [3.05, 3.63) is 59.2 Å². The average molecular weight is 394 g/mol. The van der Waals surface area contributed by atoms with E-state index in [1.165, 1.54) is 18.7 Å². The van der Waals surface area contributed by atoms with Gasteiger partial charge in [0.2, 0.25) is 0 Å². The topological polar surface area (TPSA) is 94.6 Å². The van der Waals surface area contributed by atoms with Crippen LogP contribution in [0.1, 0.15) is 37.3 Å². The summed E-state index contributed by atoms with van der Waals surface area (Å²) in [5.74, 6) is 1.57. The Morgan fingerprint density at radius 1 is 1.14 bits per heavy atom. The minimum absolute atomic E-state index is 0.131. The summed E-state index contributed by atoms with van der Waals surface area (Å²) in [6.45, 7) is 5.09. The largest absolute Gasteiger partial charge is 0.493 e. The van der Waals surface area contributed by atoms with Crippen LogP contribution >= 0.6 is 0 Å². The summed E-state index contributed by atoms with van der Waals surface area (Å²) in [4.78, 5) is 11.2. The number of benzene rings is 2. The second-order valence-corrected chi connectivity index (χ2v) is 6.52. The van der Waals surface area contributed by atoms with E-state index in [1.807, 2.05) is 12.1 Å². The van der Waals surface area contributed by atoms with E-state index in [0.29, 0.717) is 36.2 Å². The van der Waals surface area contributed by atoms with Crippen molar-refractivity contribution in [2.24, 2.45) is 5.73 Å². The van der Waals surface area contributed by atoms with Crippen molar-refractivity contribution in [2.75, 3.05) is 20.3 Å². The van der Waals surface area contributed by atoms with Crippen molar-refractivity contribution in [2.45, 2.75) is 26.2 Å². The minimum Gasteiger partial charge on any atom is -0.493 e. The first-order chi connectivity index (χ1) is 14.0. The maximum atomic E-state index is 11.2. The SMILES string of the molecule is CC[C@@H](C)c1ccc(OCCOc2ccc(/C=C(\C#N)C(N)=O)cc2OC)cc1. The van der Waals surface area contributed by atoms with E-state index in [4.69, 9.17) is 25.2 Å². The van der Waals surface area contributed by atoms with E-state index < -0.39 is 5.91 Å². The highest BCUT2D eigenvalue weighted by molar-refractivity contribution is 6.00. The van der Waals surface area contributed by atoms with Gasteiger partial charge in [-0.2, -0.15) is 5.26 Å². The van der Waals surface area contributed by atoms with Crippen LogP contribution in [-0.2, 0) is 4.79 Å². The Bertz CT molecular complexity index is 898. The second-order valence-electron chi connectivity index (χ2n) is 6.52. The average Bonchev–Trinajstić information content (AvgIpc) is 2.75. The number of hydrogen-bond donors (Lipinski definition) is 1. The van der Waals surface area contributed by atoms with Gasteiger partial charge in [-0.25, -0.2) is 0 Å². The molecule has 0 aliphatic heterocycles. The quantitative estimate of drug-likeness (QED) is 0.372. The third-order valence-electron chi connectivity index (χ3n) is 4.56. The summed E-state index contributed by atoms with van der Waals surface area (Å²) in [6, 6.07) is 15.0. The molecule has 6 heteroatoms. The van der Waals surface area contributed by atoms with Gasteiger partial charge in [0.15, 0.2) is 11.5 Å². The highest BCUT2D eigenvalue weighted by atomic mass is 16.5. The molecular weight excluding hydrogens is 368 g/mol. The molecule has 1 amide bonds. The van der Waals surface area contributed by atoms with Crippen LogP contribution in [0.3, 0.4) is 0 Å². The van der Waals surface area contributed by atoms with Crippen molar-refractivity contribution < 1.29 is 19.0 Å². The van der Waals surface area contributed by atoms with Crippen molar-refractivity contribution in [1.29, 1.82) is 5.26 Å². The fourth-order valence-electron chi connectivity index (χ4n) is 2.66. The fourth-order valence-corrected chi connectivity index (χ4v) is 2.66. The summed E-state index contributed by atoms with van der Waals surface area (Å²) in [5.41, 5.74) is 6.93. The summed E-state index contributed by atoms with van der Waals surface area (Å²) < 4.78 is 16.8. The van der Waals surface area contributed by atoms with Crippen LogP contribution in [0.4, 0.5) is 0 Å². The van der Waals surface area contributed by atoms with Crippen LogP contribution in [0.2, 0.25) is 0 Å². The molecule has 0 aromatic heterocycles. The minimum atomic E-state index is -0.777. The van der Waals surface area contributed by atoms with Crippen molar-refractivity contribution in [1.82, 2.24) is 0 Å². The number of carbonyl (C=O) groups excluding carboxylic acids is 1. The molecule has 2 aromatic carbocycles. The van der Waals surface area contributed by atoms with Crippen molar-refractivity contribution >= 4 is 12.0 Å². The first-order valence-corrected chi connectivity index (χ1v) is 9.43. The number of ether oxygens (including phenoxy) is 3. The molecule has 0 spiro atoms. The Morgan fingerprint density at radius 3 is 2.41 bits per heavy atom. The van der Waals surface area contributed by atoms with Gasteiger partial charge in [0.05, 0.1) is 7.11 Å². The van der Waals surface area contributed by atoms with E-state index in [1.54, 1.807) is 24.3 Å². The number of amides is 1. The third-order valence-corrected chi connectivity index (χ3v) is 4.56. The first kappa shape index (κ1) is 21.8. The second kappa shape index (κ2) is 10.8. The molecule has 29 heavy (non-hydrogen) atoms. The normalized spacial score (nSPS) is 12.0. The number of nitrogens with two attached hydrogens (primary N) is 1. The number of carbonyl (C=O) groups is 1. The number of nitrogens with zero attached hydrogens (tertiary/aromatic N) is 1. The Kier molecular flexibility index (Phi) is 8.11. The van der Waals surface area contributed by atoms with Gasteiger partial charge in [-0.3, -0.25) is 4.79 Å². The van der Waals surface area contributed by atoms with Crippen LogP contribution in [0.5, 0.6) is 17.2 Å². The molecule has 0 bridgehead atoms. The Labute approximate surface area is 171 Å². The molecular formula is C23H26N2O4. The highest BCUT2D eigenvalue weighted by Gasteiger charge is 2.08. The van der Waals surface area contributed by atoms with Crippen LogP contribution < -0.4 is 19.9 Å². The van der Waals surface area contributed by atoms with Gasteiger partial charge in [0, 0.05) is 0 Å². The van der Waals surface area contributed by atoms with Gasteiger partial charge >= 0.3 is 0 Å². The van der Waals surface area contributed by atoms with Gasteiger partial charge in [0.1, 0.15) is 30.6 Å². The van der Waals surface area contributed by atoms with Gasteiger partial charge in [-0.15, -0.1) is 0 Å². The van der Waals surface area contributed by atoms with Crippen LogP contribution in [-0.4, -0.2) is 26.2 Å². The molecule has 0 radical (unpaired) electrons. The summed E-state index contributed by atoms with van der Waals surface area (Å²) >= 11 is 0. The Morgan fingerprint density at radius 2 is 1.83 bits per heavy atom. The molecule has 152 valence electrons. The lowest BCUT2D eigenvalue weighted by Gasteiger charge is -2.13. The summed E-state index contributed by atoms with van der Waals surface area (Å²) in [6.07, 6.45) is 2.51. The number of methoxy groups -OCH3 is 1. The number of rotatable bonds is 10. The standard InChI is InChI=1S/C23H26N2O4/c1-4-16(2)18-6-8-20(9-7-18)28-11-12-29-21-10-5-17(14-22(21)27-3)13-19(15-24)23(25)26/h5-10,13-14,16H,4,11-12H2,1-3H3,(H2,25,26)/b19-13+/t16-/m1/s1. The molecule has 0 fully saturated rings. The van der Waals surface area contributed by atoms with Crippen LogP contribution in [0.15, 0.2) is 48.0 Å². The zero-order valence-corrected chi connectivity index (χ0v) is 17.0. The monoisotopic (exact) mass is 394 g/mol. The lowest BCUT2D eigenvalue weighted by Crippen LogP contribution is -2.12. The molecule has 0 aliphatic rings. The molecule has 0 heterocycles. The zero-order chi connectivity index (χ0) is 21.2. The molecule has 0 saturated heterocycles. The van der Waals surface area contributed by atoms with E-state index in [0.717, 1.165) is 12.2 Å². The van der Waals surface area contributed by atoms with E-state index in [2.05, 4.69) is 26.0 Å². The van der Waals surface area contributed by atoms with Gasteiger partial charge in [-0.05, 0) is 53.8 Å². The molecule has 2 rings (SSSR count). The van der Waals surface area contributed by atoms with Gasteiger partial charge in [0.25, 0.3) is 5.91 Å². The lowest BCUT2D eigenvalue weighted by atomic mass is 9.99. The summed E-state index contributed by atoms with van der Waals surface area (Å²) in [5, 5.41) is 8.94. The molecule has 1 atom stereocenters. The number of primary amides is 1. The maximum absolute atomic E-state index is 11.2. The number of hydrogen-bond acceptors (Lipinski definition) is 5. The van der Waals surface area contributed by atoms with E-state index in [-0.39, 0.29) is 5.57 Å². The highest BCUT2D eigenvalue weighted by Crippen LogP contribution is 2.29. The third kappa shape index (κ3) is 6.28. The van der Waals surface area contributed by atoms with Gasteiger partial charge in [-0.1, -0.05) is 32.0 Å². The molecule has 0 unspecified atom stereocenters. The maximum Gasteiger partial charge on any atom is 0.259 e. The number of nitriles is 1. The smallest absolute Gasteiger partial charge is 0.259 e. The fraction of sp³-hybridized carbons (Fsp3) is 0.304. The van der Waals surface area contributed by atoms with E-state index >= 15 is 0 Å². The molecule has 6 nitrogen and oxygen atoms in total. The lowest BCUT2D eigenvalue weighted by molar-refractivity contribution is -0.114. The molecule has 2 N–H and O–H groups in total. The summed E-state index contributed by atoms with van der Waals surface area (Å²) in [7, 11) is 1.52.